The molecule has 2 unspecified atom stereocenters. The van der Waals surface area contributed by atoms with Crippen LogP contribution >= 0.6 is 0 Å². The van der Waals surface area contributed by atoms with Crippen LogP contribution in [0.15, 0.2) is 0 Å². The summed E-state index contributed by atoms with van der Waals surface area (Å²) in [4.78, 5) is 10.5. The second-order valence-corrected chi connectivity index (χ2v) is 2.54. The number of hydrogen-bond donors (Lipinski definition) is 2. The number of carboxylic acid groups (broad SMARTS) is 1. The van der Waals surface area contributed by atoms with Crippen molar-refractivity contribution in [3.8, 4) is 0 Å². The maximum absolute atomic E-state index is 10.5. The van der Waals surface area contributed by atoms with Gasteiger partial charge in [-0.2, -0.15) is 0 Å². The van der Waals surface area contributed by atoms with Crippen LogP contribution in [0.1, 0.15) is 6.92 Å². The van der Waals surface area contributed by atoms with Gasteiger partial charge in [0.05, 0.1) is 6.61 Å². The van der Waals surface area contributed by atoms with Crippen molar-refractivity contribution in [1.82, 2.24) is 5.32 Å². The predicted octanol–water partition coefficient (Wildman–Crippen LogP) is -0.0585. The lowest BCUT2D eigenvalue weighted by atomic mass is 10.0. The van der Waals surface area contributed by atoms with E-state index in [0.717, 1.165) is 0 Å². The van der Waals surface area contributed by atoms with Crippen molar-refractivity contribution in [2.24, 2.45) is 5.92 Å². The Morgan fingerprint density at radius 3 is 2.55 bits per heavy atom. The first-order valence-electron chi connectivity index (χ1n) is 3.52. The Labute approximate surface area is 66.5 Å². The maximum atomic E-state index is 10.5. The van der Waals surface area contributed by atoms with Gasteiger partial charge in [0, 0.05) is 13.0 Å². The molecule has 2 N–H and O–H groups in total. The Balaban J connectivity index is 3.91. The molecule has 0 spiro atoms. The number of carbonyl (C=O) groups is 1. The molecule has 0 aromatic heterocycles. The number of nitrogens with one attached hydrogen (secondary N) is 1. The average Bonchev–Trinajstić information content (AvgIpc) is 1.88. The third-order valence-electron chi connectivity index (χ3n) is 1.58. The molecule has 0 amide bonds. The number of likely N-dealkylation sites (N-methyl/N-ethyl adjacent to an activating group) is 1. The standard InChI is InChI=1S/C7H15NO3/c1-5(4-11-3)6(8-2)7(9)10/h5-6,8H,4H2,1-3H3,(H,9,10). The molecular formula is C7H15NO3. The summed E-state index contributed by atoms with van der Waals surface area (Å²) in [6.07, 6.45) is 0. The number of ether oxygens (including phenoxy) is 1. The highest BCUT2D eigenvalue weighted by atomic mass is 16.5. The zero-order chi connectivity index (χ0) is 8.85. The number of aliphatic carboxylic acids is 1. The summed E-state index contributed by atoms with van der Waals surface area (Å²) in [5.74, 6) is -0.848. The van der Waals surface area contributed by atoms with Gasteiger partial charge in [-0.15, -0.1) is 0 Å². The first-order chi connectivity index (χ1) is 5.13. The molecule has 4 nitrogen and oxygen atoms in total. The van der Waals surface area contributed by atoms with E-state index in [-0.39, 0.29) is 5.92 Å². The molecule has 66 valence electrons. The van der Waals surface area contributed by atoms with Crippen molar-refractivity contribution in [2.75, 3.05) is 20.8 Å². The van der Waals surface area contributed by atoms with Crippen LogP contribution in [-0.2, 0) is 9.53 Å². The highest BCUT2D eigenvalue weighted by Crippen LogP contribution is 2.02. The largest absolute Gasteiger partial charge is 0.480 e. The van der Waals surface area contributed by atoms with Crippen LogP contribution in [0.25, 0.3) is 0 Å². The van der Waals surface area contributed by atoms with Gasteiger partial charge in [0.25, 0.3) is 0 Å². The van der Waals surface area contributed by atoms with Gasteiger partial charge < -0.3 is 15.2 Å². The second-order valence-electron chi connectivity index (χ2n) is 2.54. The molecule has 0 bridgehead atoms. The molecular weight excluding hydrogens is 146 g/mol. The molecule has 0 rings (SSSR count). The van der Waals surface area contributed by atoms with Crippen molar-refractivity contribution in [3.63, 3.8) is 0 Å². The van der Waals surface area contributed by atoms with Gasteiger partial charge in [-0.25, -0.2) is 0 Å². The Hall–Kier alpha value is -0.610. The van der Waals surface area contributed by atoms with Crippen LogP contribution in [0.5, 0.6) is 0 Å². The number of hydrogen-bond acceptors (Lipinski definition) is 3. The SMILES string of the molecule is CNC(C(=O)O)C(C)COC. The van der Waals surface area contributed by atoms with Gasteiger partial charge in [0.1, 0.15) is 6.04 Å². The monoisotopic (exact) mass is 161 g/mol. The third-order valence-corrected chi connectivity index (χ3v) is 1.58. The first kappa shape index (κ1) is 10.4. The molecule has 0 fully saturated rings. The molecule has 0 radical (unpaired) electrons. The number of methoxy groups -OCH3 is 1. The fourth-order valence-electron chi connectivity index (χ4n) is 1.01. The fraction of sp³-hybridized carbons (Fsp3) is 0.857. The lowest BCUT2D eigenvalue weighted by Gasteiger charge is -2.17. The Kier molecular flexibility index (Phi) is 4.81. The summed E-state index contributed by atoms with van der Waals surface area (Å²) in [5, 5.41) is 11.4. The summed E-state index contributed by atoms with van der Waals surface area (Å²) in [6, 6.07) is -0.519. The van der Waals surface area contributed by atoms with Gasteiger partial charge in [-0.3, -0.25) is 4.79 Å². The van der Waals surface area contributed by atoms with Crippen LogP contribution < -0.4 is 5.32 Å². The minimum Gasteiger partial charge on any atom is -0.480 e. The van der Waals surface area contributed by atoms with E-state index in [1.165, 1.54) is 0 Å². The van der Waals surface area contributed by atoms with Gasteiger partial charge in [-0.1, -0.05) is 6.92 Å². The van der Waals surface area contributed by atoms with Crippen molar-refractivity contribution >= 4 is 5.97 Å². The van der Waals surface area contributed by atoms with Crippen molar-refractivity contribution < 1.29 is 14.6 Å². The van der Waals surface area contributed by atoms with E-state index in [1.807, 2.05) is 6.92 Å². The van der Waals surface area contributed by atoms with Crippen molar-refractivity contribution in [1.29, 1.82) is 0 Å². The topological polar surface area (TPSA) is 58.6 Å². The molecule has 0 aliphatic carbocycles. The highest BCUT2D eigenvalue weighted by Gasteiger charge is 2.21. The summed E-state index contributed by atoms with van der Waals surface area (Å²) in [5.41, 5.74) is 0. The number of carboxylic acids is 1. The van der Waals surface area contributed by atoms with Gasteiger partial charge in [0.2, 0.25) is 0 Å². The summed E-state index contributed by atoms with van der Waals surface area (Å²) < 4.78 is 4.83. The predicted molar refractivity (Wildman–Crippen MR) is 41.5 cm³/mol. The third kappa shape index (κ3) is 3.34. The lowest BCUT2D eigenvalue weighted by Crippen LogP contribution is -2.41. The molecule has 0 aromatic rings. The second kappa shape index (κ2) is 5.09. The molecule has 11 heavy (non-hydrogen) atoms. The van der Waals surface area contributed by atoms with E-state index >= 15 is 0 Å². The minimum absolute atomic E-state index is 0.0116. The summed E-state index contributed by atoms with van der Waals surface area (Å²) >= 11 is 0. The Morgan fingerprint density at radius 1 is 1.73 bits per heavy atom. The van der Waals surface area contributed by atoms with Gasteiger partial charge in [0.15, 0.2) is 0 Å². The molecule has 0 aromatic carbocycles. The zero-order valence-electron chi connectivity index (χ0n) is 7.13. The summed E-state index contributed by atoms with van der Waals surface area (Å²) in [6.45, 7) is 2.29. The van der Waals surface area contributed by atoms with Crippen LogP contribution in [0, 0.1) is 5.92 Å². The van der Waals surface area contributed by atoms with Gasteiger partial charge in [-0.05, 0) is 7.05 Å². The Morgan fingerprint density at radius 2 is 2.27 bits per heavy atom. The molecule has 4 heteroatoms. The highest BCUT2D eigenvalue weighted by molar-refractivity contribution is 5.73. The molecule has 0 saturated carbocycles. The van der Waals surface area contributed by atoms with Crippen molar-refractivity contribution in [3.05, 3.63) is 0 Å². The fourth-order valence-corrected chi connectivity index (χ4v) is 1.01. The maximum Gasteiger partial charge on any atom is 0.321 e. The van der Waals surface area contributed by atoms with E-state index < -0.39 is 12.0 Å². The minimum atomic E-state index is -0.836. The summed E-state index contributed by atoms with van der Waals surface area (Å²) in [7, 11) is 3.19. The molecule has 2 atom stereocenters. The van der Waals surface area contributed by atoms with Crippen LogP contribution in [0.3, 0.4) is 0 Å². The smallest absolute Gasteiger partial charge is 0.321 e. The molecule has 0 aliphatic rings. The van der Waals surface area contributed by atoms with Crippen LogP contribution in [0.2, 0.25) is 0 Å². The Bertz CT molecular complexity index is 127. The van der Waals surface area contributed by atoms with Crippen LogP contribution in [-0.4, -0.2) is 37.9 Å². The first-order valence-corrected chi connectivity index (χ1v) is 3.52. The van der Waals surface area contributed by atoms with E-state index in [2.05, 4.69) is 5.32 Å². The van der Waals surface area contributed by atoms with E-state index in [9.17, 15) is 4.79 Å². The van der Waals surface area contributed by atoms with E-state index in [4.69, 9.17) is 9.84 Å². The lowest BCUT2D eigenvalue weighted by molar-refractivity contribution is -0.141. The van der Waals surface area contributed by atoms with Gasteiger partial charge >= 0.3 is 5.97 Å². The zero-order valence-corrected chi connectivity index (χ0v) is 7.13. The van der Waals surface area contributed by atoms with E-state index in [0.29, 0.717) is 6.61 Å². The molecule has 0 saturated heterocycles. The van der Waals surface area contributed by atoms with Crippen LogP contribution in [0.4, 0.5) is 0 Å². The average molecular weight is 161 g/mol. The van der Waals surface area contributed by atoms with Crippen molar-refractivity contribution in [2.45, 2.75) is 13.0 Å². The molecule has 0 aliphatic heterocycles. The quantitative estimate of drug-likeness (QED) is 0.593. The number of rotatable bonds is 5. The normalized spacial score (nSPS) is 15.9. The van der Waals surface area contributed by atoms with E-state index in [1.54, 1.807) is 14.2 Å². The molecule has 0 heterocycles.